The highest BCUT2D eigenvalue weighted by Gasteiger charge is 2.44. The number of carbonyl (C=O) groups is 2. The Morgan fingerprint density at radius 1 is 0.939 bits per heavy atom. The summed E-state index contributed by atoms with van der Waals surface area (Å²) < 4.78 is 15.9. The Kier molecular flexibility index (Phi) is 6.63. The molecule has 6 heteroatoms. The summed E-state index contributed by atoms with van der Waals surface area (Å²) >= 11 is 0. The highest BCUT2D eigenvalue weighted by atomic mass is 16.5. The number of esters is 1. The fraction of sp³-hybridized carbons (Fsp3) is 0.370. The molecular weight excluding hydrogens is 418 g/mol. The van der Waals surface area contributed by atoms with Gasteiger partial charge >= 0.3 is 5.97 Å². The monoisotopic (exact) mass is 447 g/mol. The molecule has 0 amide bonds. The molecule has 1 heterocycles. The lowest BCUT2D eigenvalue weighted by Crippen LogP contribution is -2.38. The predicted octanol–water partition coefficient (Wildman–Crippen LogP) is 4.84. The van der Waals surface area contributed by atoms with E-state index in [1.807, 2.05) is 55.5 Å². The summed E-state index contributed by atoms with van der Waals surface area (Å²) in [6.07, 6.45) is 1.02. The van der Waals surface area contributed by atoms with E-state index in [9.17, 15) is 9.59 Å². The van der Waals surface area contributed by atoms with Gasteiger partial charge in [-0.15, -0.1) is 0 Å². The van der Waals surface area contributed by atoms with Crippen molar-refractivity contribution in [1.82, 2.24) is 0 Å². The number of benzene rings is 2. The standard InChI is InChI=1S/C27H29NO5/c1-5-33-27(30)24-16(2)28-22-14-19(17-6-10-20(31-3)11-7-17)15-23(29)26(22)25(24)18-8-12-21(32-4)13-9-18/h6-13,19,24-25H,5,14-15H2,1-4H3/t19-,24?,25-/m0/s1. The zero-order valence-electron chi connectivity index (χ0n) is 19.5. The number of carbonyl (C=O) groups excluding carboxylic acids is 2. The molecule has 1 unspecified atom stereocenters. The maximum atomic E-state index is 13.5. The van der Waals surface area contributed by atoms with Gasteiger partial charge in [0, 0.05) is 29.3 Å². The normalized spacial score (nSPS) is 22.4. The Morgan fingerprint density at radius 3 is 2.06 bits per heavy atom. The van der Waals surface area contributed by atoms with Crippen LogP contribution in [0.25, 0.3) is 0 Å². The van der Waals surface area contributed by atoms with E-state index in [1.165, 1.54) is 0 Å². The van der Waals surface area contributed by atoms with Crippen molar-refractivity contribution in [3.05, 3.63) is 70.9 Å². The average molecular weight is 448 g/mol. The van der Waals surface area contributed by atoms with Crippen LogP contribution >= 0.6 is 0 Å². The number of ketones is 1. The van der Waals surface area contributed by atoms with Crippen LogP contribution in [-0.4, -0.2) is 38.3 Å². The van der Waals surface area contributed by atoms with Crippen LogP contribution in [0.1, 0.15) is 49.7 Å². The van der Waals surface area contributed by atoms with Crippen LogP contribution in [0.5, 0.6) is 11.5 Å². The van der Waals surface area contributed by atoms with Crippen LogP contribution in [0.4, 0.5) is 0 Å². The molecule has 2 aromatic rings. The van der Waals surface area contributed by atoms with Gasteiger partial charge in [0.05, 0.1) is 20.8 Å². The average Bonchev–Trinajstić information content (AvgIpc) is 2.83. The van der Waals surface area contributed by atoms with Gasteiger partial charge in [-0.05, 0) is 61.6 Å². The smallest absolute Gasteiger partial charge is 0.315 e. The quantitative estimate of drug-likeness (QED) is 0.593. The van der Waals surface area contributed by atoms with Gasteiger partial charge in [0.1, 0.15) is 17.4 Å². The van der Waals surface area contributed by atoms with E-state index < -0.39 is 11.8 Å². The number of hydrogen-bond acceptors (Lipinski definition) is 6. The molecule has 0 spiro atoms. The molecule has 3 atom stereocenters. The van der Waals surface area contributed by atoms with E-state index in [1.54, 1.807) is 21.1 Å². The van der Waals surface area contributed by atoms with Crippen molar-refractivity contribution >= 4 is 17.5 Å². The summed E-state index contributed by atoms with van der Waals surface area (Å²) in [5.74, 6) is 0.167. The zero-order valence-corrected chi connectivity index (χ0v) is 19.5. The van der Waals surface area contributed by atoms with Gasteiger partial charge in [-0.1, -0.05) is 24.3 Å². The molecule has 1 aliphatic carbocycles. The van der Waals surface area contributed by atoms with Crippen molar-refractivity contribution in [1.29, 1.82) is 0 Å². The third-order valence-electron chi connectivity index (χ3n) is 6.49. The van der Waals surface area contributed by atoms with Gasteiger partial charge in [-0.2, -0.15) is 0 Å². The van der Waals surface area contributed by atoms with E-state index in [4.69, 9.17) is 19.2 Å². The lowest BCUT2D eigenvalue weighted by molar-refractivity contribution is -0.146. The third-order valence-corrected chi connectivity index (χ3v) is 6.49. The molecule has 0 saturated carbocycles. The largest absolute Gasteiger partial charge is 0.497 e. The first-order valence-corrected chi connectivity index (χ1v) is 11.2. The maximum absolute atomic E-state index is 13.5. The number of Topliss-reactive ketones (excluding diaryl/α,β-unsaturated/α-hetero) is 1. The van der Waals surface area contributed by atoms with Gasteiger partial charge in [-0.3, -0.25) is 14.6 Å². The Hall–Kier alpha value is -3.41. The van der Waals surface area contributed by atoms with E-state index in [0.717, 1.165) is 28.3 Å². The first-order chi connectivity index (χ1) is 16.0. The SMILES string of the molecule is CCOC(=O)C1C(C)=NC2=C(C(=O)C[C@@H](c3ccc(OC)cc3)C2)[C@H]1c1ccc(OC)cc1. The van der Waals surface area contributed by atoms with Crippen LogP contribution in [-0.2, 0) is 14.3 Å². The summed E-state index contributed by atoms with van der Waals surface area (Å²) in [6.45, 7) is 3.91. The van der Waals surface area contributed by atoms with Gasteiger partial charge in [0.2, 0.25) is 0 Å². The topological polar surface area (TPSA) is 74.2 Å². The molecule has 0 aromatic heterocycles. The molecule has 0 radical (unpaired) electrons. The van der Waals surface area contributed by atoms with Gasteiger partial charge < -0.3 is 14.2 Å². The first-order valence-electron chi connectivity index (χ1n) is 11.2. The molecule has 2 aliphatic rings. The minimum absolute atomic E-state index is 0.0310. The second-order valence-electron chi connectivity index (χ2n) is 8.40. The summed E-state index contributed by atoms with van der Waals surface area (Å²) in [6, 6.07) is 15.4. The number of allylic oxidation sites excluding steroid dienone is 2. The molecule has 1 aliphatic heterocycles. The van der Waals surface area contributed by atoms with Crippen LogP contribution in [0.3, 0.4) is 0 Å². The lowest BCUT2D eigenvalue weighted by Gasteiger charge is -2.36. The van der Waals surface area contributed by atoms with Gasteiger partial charge in [-0.25, -0.2) is 0 Å². The van der Waals surface area contributed by atoms with Crippen LogP contribution in [0, 0.1) is 5.92 Å². The molecule has 2 aromatic carbocycles. The molecule has 0 saturated heterocycles. The molecule has 4 rings (SSSR count). The zero-order chi connectivity index (χ0) is 23.5. The van der Waals surface area contributed by atoms with Crippen molar-refractivity contribution < 1.29 is 23.8 Å². The fourth-order valence-corrected chi connectivity index (χ4v) is 4.88. The van der Waals surface area contributed by atoms with Crippen molar-refractivity contribution in [2.24, 2.45) is 10.9 Å². The molecular formula is C27H29NO5. The van der Waals surface area contributed by atoms with Crippen LogP contribution in [0.15, 0.2) is 64.8 Å². The maximum Gasteiger partial charge on any atom is 0.315 e. The minimum Gasteiger partial charge on any atom is -0.497 e. The third kappa shape index (κ3) is 4.42. The number of rotatable bonds is 6. The van der Waals surface area contributed by atoms with Crippen molar-refractivity contribution in [3.8, 4) is 11.5 Å². The summed E-state index contributed by atoms with van der Waals surface area (Å²) in [4.78, 5) is 31.3. The number of ether oxygens (including phenoxy) is 3. The van der Waals surface area contributed by atoms with Gasteiger partial charge in [0.15, 0.2) is 5.78 Å². The Labute approximate surface area is 194 Å². The Bertz CT molecular complexity index is 1100. The highest BCUT2D eigenvalue weighted by Crippen LogP contribution is 2.47. The predicted molar refractivity (Wildman–Crippen MR) is 126 cm³/mol. The van der Waals surface area contributed by atoms with E-state index in [0.29, 0.717) is 24.1 Å². The summed E-state index contributed by atoms with van der Waals surface area (Å²) in [7, 11) is 3.24. The molecule has 0 N–H and O–H groups in total. The van der Waals surface area contributed by atoms with E-state index in [2.05, 4.69) is 0 Å². The number of hydrogen-bond donors (Lipinski definition) is 0. The van der Waals surface area contributed by atoms with Crippen molar-refractivity contribution in [3.63, 3.8) is 0 Å². The Balaban J connectivity index is 1.76. The molecule has 33 heavy (non-hydrogen) atoms. The fourth-order valence-electron chi connectivity index (χ4n) is 4.88. The number of methoxy groups -OCH3 is 2. The van der Waals surface area contributed by atoms with Gasteiger partial charge in [0.25, 0.3) is 0 Å². The molecule has 0 fully saturated rings. The Morgan fingerprint density at radius 2 is 1.52 bits per heavy atom. The molecule has 6 nitrogen and oxygen atoms in total. The van der Waals surface area contributed by atoms with Crippen molar-refractivity contribution in [2.75, 3.05) is 20.8 Å². The second kappa shape index (κ2) is 9.61. The molecule has 172 valence electrons. The van der Waals surface area contributed by atoms with E-state index in [-0.39, 0.29) is 24.3 Å². The van der Waals surface area contributed by atoms with Crippen LogP contribution < -0.4 is 9.47 Å². The van der Waals surface area contributed by atoms with Crippen molar-refractivity contribution in [2.45, 2.75) is 38.5 Å². The summed E-state index contributed by atoms with van der Waals surface area (Å²) in [5.41, 5.74) is 4.04. The number of nitrogens with zero attached hydrogens (tertiary/aromatic N) is 1. The van der Waals surface area contributed by atoms with E-state index >= 15 is 0 Å². The highest BCUT2D eigenvalue weighted by molar-refractivity contribution is 6.09. The molecule has 0 bridgehead atoms. The second-order valence-corrected chi connectivity index (χ2v) is 8.40. The lowest BCUT2D eigenvalue weighted by atomic mass is 9.69. The summed E-state index contributed by atoms with van der Waals surface area (Å²) in [5, 5.41) is 0. The number of aliphatic imine (C=N–C) groups is 1. The first kappa shape index (κ1) is 22.8. The minimum atomic E-state index is -0.626. The van der Waals surface area contributed by atoms with Crippen LogP contribution in [0.2, 0.25) is 0 Å².